The molecule has 3 aromatic rings. The number of benzene rings is 1. The summed E-state index contributed by atoms with van der Waals surface area (Å²) in [5, 5.41) is 12.9. The Hall–Kier alpha value is -3.90. The minimum atomic E-state index is -1.13. The molecule has 2 aromatic heterocycles. The van der Waals surface area contributed by atoms with Gasteiger partial charge in [-0.15, -0.1) is 0 Å². The third kappa shape index (κ3) is 7.19. The molecular formula is C28H35FN6O5. The lowest BCUT2D eigenvalue weighted by molar-refractivity contribution is -0.236. The lowest BCUT2D eigenvalue weighted by atomic mass is 9.92. The van der Waals surface area contributed by atoms with Gasteiger partial charge in [0, 0.05) is 31.9 Å². The van der Waals surface area contributed by atoms with E-state index < -0.39 is 17.7 Å². The minimum Gasteiger partial charge on any atom is -0.481 e. The standard InChI is InChI=1S/C25H28FN5O4.C3H7NO/c1-25(23(32)33)13-34-22(35-14-25)21-30-19(15-7-9-16(26)10-8-15)20(31-21)18-11-12-27-24(29-18)28-17-5-3-2-4-6-17;1-4(2)3-5/h7-12,17,22H,2-6,13-14H2,1H3,(H,30,31)(H,32,33)(H,27,28,29);3H,1-2H3. The summed E-state index contributed by atoms with van der Waals surface area (Å²) in [7, 11) is 3.38. The molecule has 1 aliphatic carbocycles. The highest BCUT2D eigenvalue weighted by Crippen LogP contribution is 2.35. The normalized spacial score (nSPS) is 21.1. The molecule has 2 aliphatic rings. The number of aromatic nitrogens is 4. The van der Waals surface area contributed by atoms with Crippen LogP contribution in [0.1, 0.15) is 51.1 Å². The summed E-state index contributed by atoms with van der Waals surface area (Å²) in [6.07, 6.45) is 7.40. The summed E-state index contributed by atoms with van der Waals surface area (Å²) < 4.78 is 25.0. The summed E-state index contributed by atoms with van der Waals surface area (Å²) in [6.45, 7) is 1.54. The Balaban J connectivity index is 0.000000681. The quantitative estimate of drug-likeness (QED) is 0.365. The molecule has 3 N–H and O–H groups in total. The van der Waals surface area contributed by atoms with Crippen molar-refractivity contribution in [2.75, 3.05) is 32.6 Å². The van der Waals surface area contributed by atoms with Gasteiger partial charge in [-0.2, -0.15) is 0 Å². The van der Waals surface area contributed by atoms with Crippen LogP contribution in [-0.2, 0) is 19.1 Å². The average Bonchev–Trinajstić information content (AvgIpc) is 3.40. The number of carbonyl (C=O) groups excluding carboxylic acids is 1. The maximum atomic E-state index is 13.6. The van der Waals surface area contributed by atoms with Gasteiger partial charge in [-0.25, -0.2) is 19.3 Å². The molecular weight excluding hydrogens is 519 g/mol. The van der Waals surface area contributed by atoms with Crippen LogP contribution in [0.5, 0.6) is 0 Å². The number of aromatic amines is 1. The molecule has 0 unspecified atom stereocenters. The largest absolute Gasteiger partial charge is 0.481 e. The van der Waals surface area contributed by atoms with Gasteiger partial charge in [0.25, 0.3) is 0 Å². The summed E-state index contributed by atoms with van der Waals surface area (Å²) in [5.74, 6) is -0.411. The number of ether oxygens (including phenoxy) is 2. The summed E-state index contributed by atoms with van der Waals surface area (Å²) in [5.41, 5.74) is 1.34. The third-order valence-electron chi connectivity index (χ3n) is 6.75. The van der Waals surface area contributed by atoms with Crippen LogP contribution in [0.2, 0.25) is 0 Å². The fourth-order valence-electron chi connectivity index (χ4n) is 4.39. The molecule has 2 fully saturated rings. The number of carboxylic acid groups (broad SMARTS) is 1. The molecule has 1 saturated heterocycles. The zero-order valence-corrected chi connectivity index (χ0v) is 22.9. The predicted molar refractivity (Wildman–Crippen MR) is 146 cm³/mol. The van der Waals surface area contributed by atoms with Gasteiger partial charge in [-0.1, -0.05) is 19.3 Å². The topological polar surface area (TPSA) is 143 Å². The second-order valence-electron chi connectivity index (χ2n) is 10.5. The number of rotatable bonds is 7. The van der Waals surface area contributed by atoms with Gasteiger partial charge in [0.2, 0.25) is 18.6 Å². The molecule has 1 aliphatic heterocycles. The van der Waals surface area contributed by atoms with Crippen molar-refractivity contribution in [3.63, 3.8) is 0 Å². The molecule has 3 heterocycles. The van der Waals surface area contributed by atoms with Crippen LogP contribution >= 0.6 is 0 Å². The van der Waals surface area contributed by atoms with E-state index in [1.807, 2.05) is 0 Å². The summed E-state index contributed by atoms with van der Waals surface area (Å²) in [6, 6.07) is 8.15. The average molecular weight is 555 g/mol. The number of H-pyrrole nitrogens is 1. The summed E-state index contributed by atoms with van der Waals surface area (Å²) in [4.78, 5) is 39.4. The zero-order valence-electron chi connectivity index (χ0n) is 22.9. The predicted octanol–water partition coefficient (Wildman–Crippen LogP) is 4.26. The number of nitrogens with one attached hydrogen (secondary N) is 2. The molecule has 1 saturated carbocycles. The number of hydrogen-bond acceptors (Lipinski definition) is 8. The number of carboxylic acids is 1. The molecule has 214 valence electrons. The van der Waals surface area contributed by atoms with E-state index in [-0.39, 0.29) is 19.0 Å². The van der Waals surface area contributed by atoms with Crippen molar-refractivity contribution in [3.8, 4) is 22.6 Å². The van der Waals surface area contributed by atoms with E-state index in [4.69, 9.17) is 19.4 Å². The molecule has 1 aromatic carbocycles. The Morgan fingerprint density at radius 1 is 1.12 bits per heavy atom. The SMILES string of the molecule is CC1(C(=O)O)COC(c2nc(-c3ccc(F)cc3)c(-c3ccnc(NC4CCCCC4)n3)[nH]2)OC1.CN(C)C=O. The molecule has 0 radical (unpaired) electrons. The van der Waals surface area contributed by atoms with Crippen LogP contribution in [0.25, 0.3) is 22.6 Å². The number of nitrogens with zero attached hydrogens (tertiary/aromatic N) is 4. The number of imidazole rings is 1. The van der Waals surface area contributed by atoms with Gasteiger partial charge >= 0.3 is 5.97 Å². The first-order valence-electron chi connectivity index (χ1n) is 13.2. The van der Waals surface area contributed by atoms with E-state index in [0.29, 0.717) is 40.5 Å². The highest BCUT2D eigenvalue weighted by Gasteiger charge is 2.41. The summed E-state index contributed by atoms with van der Waals surface area (Å²) >= 11 is 0. The number of anilines is 1. The first kappa shape index (κ1) is 29.1. The first-order chi connectivity index (χ1) is 19.2. The zero-order chi connectivity index (χ0) is 28.7. The van der Waals surface area contributed by atoms with Crippen molar-refractivity contribution in [2.24, 2.45) is 5.41 Å². The van der Waals surface area contributed by atoms with Crippen LogP contribution in [0.4, 0.5) is 10.3 Å². The van der Waals surface area contributed by atoms with Crippen LogP contribution in [0.3, 0.4) is 0 Å². The monoisotopic (exact) mass is 554 g/mol. The van der Waals surface area contributed by atoms with Crippen molar-refractivity contribution in [3.05, 3.63) is 48.2 Å². The van der Waals surface area contributed by atoms with Crippen molar-refractivity contribution in [1.82, 2.24) is 24.8 Å². The molecule has 0 bridgehead atoms. The van der Waals surface area contributed by atoms with E-state index in [9.17, 15) is 19.1 Å². The molecule has 1 amide bonds. The van der Waals surface area contributed by atoms with Gasteiger partial charge in [0.05, 0.1) is 30.3 Å². The van der Waals surface area contributed by atoms with Gasteiger partial charge in [-0.05, 0) is 50.1 Å². The second-order valence-corrected chi connectivity index (χ2v) is 10.5. The van der Waals surface area contributed by atoms with Gasteiger partial charge in [-0.3, -0.25) is 9.59 Å². The van der Waals surface area contributed by atoms with Gasteiger partial charge in [0.1, 0.15) is 11.2 Å². The molecule has 5 rings (SSSR count). The maximum Gasteiger partial charge on any atom is 0.314 e. The fraction of sp³-hybridized carbons (Fsp3) is 0.464. The maximum absolute atomic E-state index is 13.6. The highest BCUT2D eigenvalue weighted by atomic mass is 19.1. The van der Waals surface area contributed by atoms with Crippen molar-refractivity contribution in [2.45, 2.75) is 51.4 Å². The molecule has 12 heteroatoms. The van der Waals surface area contributed by atoms with Crippen LogP contribution < -0.4 is 5.32 Å². The van der Waals surface area contributed by atoms with Crippen LogP contribution in [-0.4, -0.2) is 75.7 Å². The van der Waals surface area contributed by atoms with Gasteiger partial charge < -0.3 is 29.8 Å². The van der Waals surface area contributed by atoms with Crippen molar-refractivity contribution < 1.29 is 28.6 Å². The Bertz CT molecular complexity index is 1280. The molecule has 0 spiro atoms. The number of hydrogen-bond donors (Lipinski definition) is 3. The fourth-order valence-corrected chi connectivity index (χ4v) is 4.39. The Labute approximate surface area is 232 Å². The van der Waals surface area contributed by atoms with Crippen LogP contribution in [0, 0.1) is 11.2 Å². The van der Waals surface area contributed by atoms with Crippen molar-refractivity contribution in [1.29, 1.82) is 0 Å². The number of carbonyl (C=O) groups is 2. The first-order valence-corrected chi connectivity index (χ1v) is 13.2. The number of amides is 1. The van der Waals surface area contributed by atoms with Gasteiger partial charge in [0.15, 0.2) is 5.82 Å². The van der Waals surface area contributed by atoms with Crippen LogP contribution in [0.15, 0.2) is 36.5 Å². The highest BCUT2D eigenvalue weighted by molar-refractivity contribution is 5.77. The third-order valence-corrected chi connectivity index (χ3v) is 6.75. The van der Waals surface area contributed by atoms with Crippen molar-refractivity contribution >= 4 is 18.3 Å². The van der Waals surface area contributed by atoms with E-state index in [1.165, 1.54) is 36.3 Å². The molecule has 0 atom stereocenters. The van der Waals surface area contributed by atoms with E-state index >= 15 is 0 Å². The number of aliphatic carboxylic acids is 1. The van der Waals surface area contributed by atoms with E-state index in [0.717, 1.165) is 19.3 Å². The Kier molecular flexibility index (Phi) is 9.43. The minimum absolute atomic E-state index is 0.0160. The number of halogens is 1. The molecule has 40 heavy (non-hydrogen) atoms. The molecule has 11 nitrogen and oxygen atoms in total. The second kappa shape index (κ2) is 13.0. The smallest absolute Gasteiger partial charge is 0.314 e. The lowest BCUT2D eigenvalue weighted by Crippen LogP contribution is -2.42. The Morgan fingerprint density at radius 2 is 1.77 bits per heavy atom. The van der Waals surface area contributed by atoms with E-state index in [1.54, 1.807) is 45.4 Å². The Morgan fingerprint density at radius 3 is 2.38 bits per heavy atom. The van der Waals surface area contributed by atoms with E-state index in [2.05, 4.69) is 15.3 Å². The lowest BCUT2D eigenvalue weighted by Gasteiger charge is -2.33.